The van der Waals surface area contributed by atoms with Gasteiger partial charge < -0.3 is 10.2 Å². The largest absolute Gasteiger partial charge is 0.481 e. The topological polar surface area (TPSA) is 74.6 Å². The molecule has 0 saturated heterocycles. The molecule has 0 aromatic heterocycles. The van der Waals surface area contributed by atoms with Gasteiger partial charge in [-0.05, 0) is 18.8 Å². The average Bonchev–Trinajstić information content (AvgIpc) is 2.34. The smallest absolute Gasteiger partial charge is 0.307 e. The molecule has 2 atom stereocenters. The summed E-state index contributed by atoms with van der Waals surface area (Å²) in [5, 5.41) is 18.5. The Kier molecular flexibility index (Phi) is 6.16. The summed E-state index contributed by atoms with van der Waals surface area (Å²) in [6, 6.07) is 0. The monoisotopic (exact) mass is 256 g/mol. The van der Waals surface area contributed by atoms with E-state index in [0.29, 0.717) is 25.2 Å². The lowest BCUT2D eigenvalue weighted by molar-refractivity contribution is -0.155. The summed E-state index contributed by atoms with van der Waals surface area (Å²) in [5.74, 6) is -2.94. The minimum absolute atomic E-state index is 0.401. The van der Waals surface area contributed by atoms with Gasteiger partial charge in [0.25, 0.3) is 0 Å². The molecule has 104 valence electrons. The highest BCUT2D eigenvalue weighted by Crippen LogP contribution is 2.33. The number of rotatable bonds is 7. The Morgan fingerprint density at radius 2 is 1.61 bits per heavy atom. The van der Waals surface area contributed by atoms with Crippen LogP contribution in [0.1, 0.15) is 58.3 Å². The van der Waals surface area contributed by atoms with Crippen molar-refractivity contribution >= 4 is 11.9 Å². The molecule has 1 fully saturated rings. The van der Waals surface area contributed by atoms with E-state index in [9.17, 15) is 19.8 Å². The zero-order valence-corrected chi connectivity index (χ0v) is 11.1. The summed E-state index contributed by atoms with van der Waals surface area (Å²) >= 11 is 0. The van der Waals surface area contributed by atoms with Crippen LogP contribution in [0, 0.1) is 17.8 Å². The molecule has 1 rings (SSSR count). The summed E-state index contributed by atoms with van der Waals surface area (Å²) < 4.78 is 0. The van der Waals surface area contributed by atoms with Gasteiger partial charge in [-0.1, -0.05) is 45.4 Å². The molecule has 1 aliphatic carbocycles. The zero-order chi connectivity index (χ0) is 13.5. The summed E-state index contributed by atoms with van der Waals surface area (Å²) in [6.07, 6.45) is 7.36. The lowest BCUT2D eigenvalue weighted by Crippen LogP contribution is -2.32. The van der Waals surface area contributed by atoms with E-state index in [1.807, 2.05) is 6.92 Å². The third kappa shape index (κ3) is 4.31. The van der Waals surface area contributed by atoms with Gasteiger partial charge in [0, 0.05) is 0 Å². The molecular weight excluding hydrogens is 232 g/mol. The van der Waals surface area contributed by atoms with Crippen molar-refractivity contribution in [2.45, 2.75) is 58.3 Å². The molecule has 0 amide bonds. The van der Waals surface area contributed by atoms with Crippen molar-refractivity contribution < 1.29 is 19.8 Å². The predicted octanol–water partition coefficient (Wildman–Crippen LogP) is 3.16. The quantitative estimate of drug-likeness (QED) is 0.733. The number of hydrogen-bond donors (Lipinski definition) is 2. The Bertz CT molecular complexity index is 282. The Balaban J connectivity index is 2.66. The number of carbonyl (C=O) groups is 2. The van der Waals surface area contributed by atoms with Crippen molar-refractivity contribution in [3.05, 3.63) is 0 Å². The van der Waals surface area contributed by atoms with E-state index < -0.39 is 23.8 Å². The highest BCUT2D eigenvalue weighted by atomic mass is 16.4. The highest BCUT2D eigenvalue weighted by molar-refractivity contribution is 5.79. The first kappa shape index (κ1) is 15.0. The van der Waals surface area contributed by atoms with Crippen LogP contribution in [-0.2, 0) is 9.59 Å². The van der Waals surface area contributed by atoms with E-state index in [2.05, 4.69) is 0 Å². The maximum Gasteiger partial charge on any atom is 0.307 e. The Morgan fingerprint density at radius 1 is 1.06 bits per heavy atom. The molecule has 4 heteroatoms. The molecule has 1 aliphatic rings. The maximum atomic E-state index is 11.3. The van der Waals surface area contributed by atoms with Crippen LogP contribution in [0.15, 0.2) is 0 Å². The molecule has 0 aromatic carbocycles. The van der Waals surface area contributed by atoms with Gasteiger partial charge in [-0.15, -0.1) is 0 Å². The third-order valence-electron chi connectivity index (χ3n) is 4.03. The third-order valence-corrected chi connectivity index (χ3v) is 4.03. The van der Waals surface area contributed by atoms with E-state index in [4.69, 9.17) is 0 Å². The van der Waals surface area contributed by atoms with Gasteiger partial charge in [0.05, 0.1) is 11.8 Å². The van der Waals surface area contributed by atoms with Crippen molar-refractivity contribution in [2.24, 2.45) is 17.8 Å². The summed E-state index contributed by atoms with van der Waals surface area (Å²) in [7, 11) is 0. The molecular formula is C14H24O4. The molecule has 0 aliphatic heterocycles. The second kappa shape index (κ2) is 7.39. The molecule has 0 heterocycles. The molecule has 4 nitrogen and oxygen atoms in total. The second-order valence-corrected chi connectivity index (χ2v) is 5.42. The zero-order valence-electron chi connectivity index (χ0n) is 11.1. The van der Waals surface area contributed by atoms with E-state index >= 15 is 0 Å². The average molecular weight is 256 g/mol. The number of carboxylic acid groups (broad SMARTS) is 2. The van der Waals surface area contributed by atoms with Crippen LogP contribution >= 0.6 is 0 Å². The molecule has 1 saturated carbocycles. The molecule has 0 radical (unpaired) electrons. The van der Waals surface area contributed by atoms with Crippen molar-refractivity contribution in [1.29, 1.82) is 0 Å². The van der Waals surface area contributed by atoms with Crippen molar-refractivity contribution in [2.75, 3.05) is 0 Å². The Morgan fingerprint density at radius 3 is 2.06 bits per heavy atom. The number of aliphatic carboxylic acids is 2. The van der Waals surface area contributed by atoms with Gasteiger partial charge in [-0.2, -0.15) is 0 Å². The van der Waals surface area contributed by atoms with E-state index in [1.54, 1.807) is 0 Å². The van der Waals surface area contributed by atoms with E-state index in [-0.39, 0.29) is 0 Å². The van der Waals surface area contributed by atoms with Crippen LogP contribution in [0.4, 0.5) is 0 Å². The normalized spacial score (nSPS) is 20.3. The predicted molar refractivity (Wildman–Crippen MR) is 68.4 cm³/mol. The lowest BCUT2D eigenvalue weighted by atomic mass is 9.77. The van der Waals surface area contributed by atoms with Crippen LogP contribution in [0.25, 0.3) is 0 Å². The van der Waals surface area contributed by atoms with Gasteiger partial charge >= 0.3 is 11.9 Å². The van der Waals surface area contributed by atoms with E-state index in [1.165, 1.54) is 6.42 Å². The Hall–Kier alpha value is -1.06. The molecule has 2 N–H and O–H groups in total. The molecule has 0 bridgehead atoms. The minimum Gasteiger partial charge on any atom is -0.481 e. The van der Waals surface area contributed by atoms with Crippen LogP contribution in [0.5, 0.6) is 0 Å². The number of hydrogen-bond acceptors (Lipinski definition) is 2. The summed E-state index contributed by atoms with van der Waals surface area (Å²) in [6.45, 7) is 1.90. The SMILES string of the molecule is CCCC(C(=O)O)C(CC1CCCCC1)C(=O)O. The molecule has 0 spiro atoms. The molecule has 18 heavy (non-hydrogen) atoms. The van der Waals surface area contributed by atoms with Crippen molar-refractivity contribution in [1.82, 2.24) is 0 Å². The highest BCUT2D eigenvalue weighted by Gasteiger charge is 2.34. The van der Waals surface area contributed by atoms with Crippen molar-refractivity contribution in [3.8, 4) is 0 Å². The second-order valence-electron chi connectivity index (χ2n) is 5.42. The Labute approximate surface area is 108 Å². The fourth-order valence-electron chi connectivity index (χ4n) is 3.03. The summed E-state index contributed by atoms with van der Waals surface area (Å²) in [5.41, 5.74) is 0. The van der Waals surface area contributed by atoms with Crippen molar-refractivity contribution in [3.63, 3.8) is 0 Å². The fraction of sp³-hybridized carbons (Fsp3) is 0.857. The van der Waals surface area contributed by atoms with Gasteiger partial charge in [0.15, 0.2) is 0 Å². The van der Waals surface area contributed by atoms with Gasteiger partial charge in [0.1, 0.15) is 0 Å². The molecule has 0 aromatic rings. The van der Waals surface area contributed by atoms with Crippen LogP contribution in [0.2, 0.25) is 0 Å². The van der Waals surface area contributed by atoms with Gasteiger partial charge in [-0.25, -0.2) is 0 Å². The van der Waals surface area contributed by atoms with Crippen LogP contribution < -0.4 is 0 Å². The van der Waals surface area contributed by atoms with Crippen LogP contribution in [0.3, 0.4) is 0 Å². The standard InChI is InChI=1S/C14H24O4/c1-2-6-11(13(15)16)12(14(17)18)9-10-7-4-3-5-8-10/h10-12H,2-9H2,1H3,(H,15,16)(H,17,18). The van der Waals surface area contributed by atoms with E-state index in [0.717, 1.165) is 25.7 Å². The molecule has 2 unspecified atom stereocenters. The lowest BCUT2D eigenvalue weighted by Gasteiger charge is -2.27. The maximum absolute atomic E-state index is 11.3. The van der Waals surface area contributed by atoms with Crippen LogP contribution in [-0.4, -0.2) is 22.2 Å². The first-order valence-corrected chi connectivity index (χ1v) is 7.01. The first-order valence-electron chi connectivity index (χ1n) is 7.01. The summed E-state index contributed by atoms with van der Waals surface area (Å²) in [4.78, 5) is 22.5. The number of carboxylic acids is 2. The minimum atomic E-state index is -0.958. The fourth-order valence-corrected chi connectivity index (χ4v) is 3.03. The first-order chi connectivity index (χ1) is 8.56. The van der Waals surface area contributed by atoms with Gasteiger partial charge in [0.2, 0.25) is 0 Å². The van der Waals surface area contributed by atoms with Gasteiger partial charge in [-0.3, -0.25) is 9.59 Å².